The minimum absolute atomic E-state index is 0.365. The molecule has 2 aromatic heterocycles. The Labute approximate surface area is 196 Å². The summed E-state index contributed by atoms with van der Waals surface area (Å²) in [6.07, 6.45) is 9.68. The summed E-state index contributed by atoms with van der Waals surface area (Å²) in [7, 11) is 0. The van der Waals surface area contributed by atoms with Crippen LogP contribution in [-0.2, 0) is 13.0 Å². The monoisotopic (exact) mass is 448 g/mol. The maximum absolute atomic E-state index is 6.49. The van der Waals surface area contributed by atoms with Crippen molar-refractivity contribution in [3.8, 4) is 0 Å². The van der Waals surface area contributed by atoms with Crippen molar-refractivity contribution in [2.24, 2.45) is 5.92 Å². The predicted molar refractivity (Wildman–Crippen MR) is 131 cm³/mol. The lowest BCUT2D eigenvalue weighted by atomic mass is 9.76. The van der Waals surface area contributed by atoms with Crippen LogP contribution in [0.15, 0.2) is 42.9 Å². The van der Waals surface area contributed by atoms with Crippen LogP contribution in [0.25, 0.3) is 0 Å². The lowest BCUT2D eigenvalue weighted by Gasteiger charge is -2.32. The number of rotatable bonds is 5. The minimum atomic E-state index is 0.365. The Morgan fingerprint density at radius 3 is 2.72 bits per heavy atom. The van der Waals surface area contributed by atoms with Crippen molar-refractivity contribution in [3.05, 3.63) is 81.7 Å². The Bertz CT molecular complexity index is 1080. The molecule has 5 rings (SSSR count). The number of nitrogens with one attached hydrogen (secondary N) is 1. The van der Waals surface area contributed by atoms with E-state index >= 15 is 0 Å². The van der Waals surface area contributed by atoms with E-state index in [9.17, 15) is 0 Å². The molecule has 2 atom stereocenters. The third-order valence-corrected chi connectivity index (χ3v) is 7.90. The highest BCUT2D eigenvalue weighted by Crippen LogP contribution is 2.45. The van der Waals surface area contributed by atoms with Gasteiger partial charge in [-0.25, -0.2) is 4.98 Å². The first-order valence-corrected chi connectivity index (χ1v) is 12.4. The molecule has 1 saturated heterocycles. The quantitative estimate of drug-likeness (QED) is 0.536. The van der Waals surface area contributed by atoms with Crippen LogP contribution in [-0.4, -0.2) is 27.6 Å². The van der Waals surface area contributed by atoms with Crippen LogP contribution >= 0.6 is 11.6 Å². The van der Waals surface area contributed by atoms with Crippen molar-refractivity contribution in [1.82, 2.24) is 19.9 Å². The van der Waals surface area contributed by atoms with Gasteiger partial charge < -0.3 is 9.88 Å². The van der Waals surface area contributed by atoms with E-state index in [4.69, 9.17) is 16.6 Å². The molecule has 0 radical (unpaired) electrons. The third kappa shape index (κ3) is 4.23. The van der Waals surface area contributed by atoms with Gasteiger partial charge in [0.15, 0.2) is 0 Å². The minimum Gasteiger partial charge on any atom is -0.335 e. The van der Waals surface area contributed by atoms with Gasteiger partial charge in [-0.15, -0.1) is 0 Å². The summed E-state index contributed by atoms with van der Waals surface area (Å²) in [5.74, 6) is 1.46. The number of nitrogens with zero attached hydrogens (tertiary/aromatic N) is 3. The van der Waals surface area contributed by atoms with Gasteiger partial charge in [-0.05, 0) is 106 Å². The number of halogens is 1. The second kappa shape index (κ2) is 9.36. The van der Waals surface area contributed by atoms with Crippen molar-refractivity contribution in [1.29, 1.82) is 0 Å². The van der Waals surface area contributed by atoms with Crippen molar-refractivity contribution in [3.63, 3.8) is 0 Å². The number of piperidine rings is 1. The standard InChI is InChI=1S/C27H33ClN4/c1-18-19(2)32(17-31-18)14-4-5-21-15-22-16-23(28)7-8-24(22)26(20-9-12-29-13-10-20)27-25(21)6-3-11-30-27/h3,6-8,11,16-17,20-21,26,29H,4-5,9-10,12-15H2,1-2H3. The van der Waals surface area contributed by atoms with Gasteiger partial charge in [0.25, 0.3) is 0 Å². The van der Waals surface area contributed by atoms with Gasteiger partial charge in [0.05, 0.1) is 17.7 Å². The first-order valence-electron chi connectivity index (χ1n) is 12.0. The summed E-state index contributed by atoms with van der Waals surface area (Å²) in [6, 6.07) is 11.0. The second-order valence-corrected chi connectivity index (χ2v) is 9.97. The molecule has 1 aromatic carbocycles. The lowest BCUT2D eigenvalue weighted by molar-refractivity contribution is 0.338. The molecule has 2 aliphatic rings. The average molecular weight is 449 g/mol. The van der Waals surface area contributed by atoms with Crippen LogP contribution in [0.1, 0.15) is 71.3 Å². The molecule has 1 fully saturated rings. The topological polar surface area (TPSA) is 42.7 Å². The fraction of sp³-hybridized carbons (Fsp3) is 0.481. The molecule has 32 heavy (non-hydrogen) atoms. The van der Waals surface area contributed by atoms with E-state index in [1.165, 1.54) is 40.9 Å². The van der Waals surface area contributed by atoms with E-state index in [1.807, 2.05) is 12.5 Å². The first kappa shape index (κ1) is 21.7. The van der Waals surface area contributed by atoms with Crippen LogP contribution in [0.5, 0.6) is 0 Å². The van der Waals surface area contributed by atoms with E-state index in [0.29, 0.717) is 17.8 Å². The zero-order valence-electron chi connectivity index (χ0n) is 19.1. The molecule has 0 amide bonds. The van der Waals surface area contributed by atoms with E-state index < -0.39 is 0 Å². The Morgan fingerprint density at radius 1 is 1.09 bits per heavy atom. The molecule has 168 valence electrons. The Kier molecular flexibility index (Phi) is 6.34. The Morgan fingerprint density at radius 2 is 1.94 bits per heavy atom. The van der Waals surface area contributed by atoms with Crippen molar-refractivity contribution < 1.29 is 0 Å². The number of hydrogen-bond acceptors (Lipinski definition) is 3. The van der Waals surface area contributed by atoms with Crippen LogP contribution in [0, 0.1) is 19.8 Å². The predicted octanol–water partition coefficient (Wildman–Crippen LogP) is 5.80. The fourth-order valence-corrected chi connectivity index (χ4v) is 6.00. The van der Waals surface area contributed by atoms with Gasteiger partial charge in [-0.1, -0.05) is 23.7 Å². The summed E-state index contributed by atoms with van der Waals surface area (Å²) >= 11 is 6.49. The molecule has 3 heterocycles. The van der Waals surface area contributed by atoms with E-state index in [2.05, 4.69) is 59.0 Å². The summed E-state index contributed by atoms with van der Waals surface area (Å²) < 4.78 is 2.29. The maximum Gasteiger partial charge on any atom is 0.0951 e. The highest BCUT2D eigenvalue weighted by molar-refractivity contribution is 6.30. The molecule has 0 spiro atoms. The highest BCUT2D eigenvalue weighted by atomic mass is 35.5. The number of fused-ring (bicyclic) bond motifs is 2. The third-order valence-electron chi connectivity index (χ3n) is 7.66. The highest BCUT2D eigenvalue weighted by Gasteiger charge is 2.35. The van der Waals surface area contributed by atoms with Crippen LogP contribution in [0.4, 0.5) is 0 Å². The van der Waals surface area contributed by atoms with Gasteiger partial charge in [0, 0.05) is 29.4 Å². The molecule has 1 aliphatic heterocycles. The van der Waals surface area contributed by atoms with Gasteiger partial charge in [0.1, 0.15) is 0 Å². The van der Waals surface area contributed by atoms with E-state index in [0.717, 1.165) is 49.6 Å². The van der Waals surface area contributed by atoms with E-state index in [-0.39, 0.29) is 0 Å². The summed E-state index contributed by atoms with van der Waals surface area (Å²) in [6.45, 7) is 7.45. The smallest absolute Gasteiger partial charge is 0.0951 e. The normalized spacial score (nSPS) is 21.1. The van der Waals surface area contributed by atoms with Crippen LogP contribution in [0.3, 0.4) is 0 Å². The molecule has 1 aliphatic carbocycles. The summed E-state index contributed by atoms with van der Waals surface area (Å²) in [4.78, 5) is 9.49. The summed E-state index contributed by atoms with van der Waals surface area (Å²) in [5, 5.41) is 4.38. The van der Waals surface area contributed by atoms with Crippen molar-refractivity contribution in [2.75, 3.05) is 13.1 Å². The number of imidazole rings is 1. The lowest BCUT2D eigenvalue weighted by Crippen LogP contribution is -2.32. The molecule has 1 N–H and O–H groups in total. The Hall–Kier alpha value is -2.17. The molecule has 0 bridgehead atoms. The average Bonchev–Trinajstić information content (AvgIpc) is 3.06. The number of aryl methyl sites for hydroxylation is 2. The molecule has 2 unspecified atom stereocenters. The van der Waals surface area contributed by atoms with Crippen LogP contribution < -0.4 is 5.32 Å². The van der Waals surface area contributed by atoms with Crippen molar-refractivity contribution in [2.45, 2.75) is 64.3 Å². The SMILES string of the molecule is Cc1ncn(CCCC2Cc3cc(Cl)ccc3C(C3CCNCC3)c3ncccc32)c1C. The number of hydrogen-bond donors (Lipinski definition) is 1. The molecular formula is C27H33ClN4. The van der Waals surface area contributed by atoms with E-state index in [1.54, 1.807) is 0 Å². The first-order chi connectivity index (χ1) is 15.6. The van der Waals surface area contributed by atoms with Gasteiger partial charge >= 0.3 is 0 Å². The van der Waals surface area contributed by atoms with Gasteiger partial charge in [0.2, 0.25) is 0 Å². The number of pyridine rings is 1. The van der Waals surface area contributed by atoms with Gasteiger partial charge in [-0.2, -0.15) is 0 Å². The number of aromatic nitrogens is 3. The maximum atomic E-state index is 6.49. The second-order valence-electron chi connectivity index (χ2n) is 9.54. The fourth-order valence-electron chi connectivity index (χ4n) is 5.80. The van der Waals surface area contributed by atoms with Gasteiger partial charge in [-0.3, -0.25) is 4.98 Å². The largest absolute Gasteiger partial charge is 0.335 e. The molecular weight excluding hydrogens is 416 g/mol. The zero-order chi connectivity index (χ0) is 22.1. The molecule has 4 nitrogen and oxygen atoms in total. The van der Waals surface area contributed by atoms with Crippen LogP contribution in [0.2, 0.25) is 5.02 Å². The molecule has 0 saturated carbocycles. The zero-order valence-corrected chi connectivity index (χ0v) is 19.9. The molecule has 5 heteroatoms. The number of benzene rings is 1. The molecule has 3 aromatic rings. The van der Waals surface area contributed by atoms with Crippen molar-refractivity contribution >= 4 is 11.6 Å². The summed E-state index contributed by atoms with van der Waals surface area (Å²) in [5.41, 5.74) is 8.02. The Balaban J connectivity index is 1.48.